The summed E-state index contributed by atoms with van der Waals surface area (Å²) in [5.41, 5.74) is 1.16. The van der Waals surface area contributed by atoms with E-state index >= 15 is 0 Å². The SMILES string of the molecule is CC(C)[C@@H]1CC=C(CO[C@@H]2O[C@H](CO)[C@@H](O)[C@H](O)[C@H]2O)CC1. The number of ether oxygens (including phenoxy) is 2. The van der Waals surface area contributed by atoms with Gasteiger partial charge in [0.15, 0.2) is 6.29 Å². The van der Waals surface area contributed by atoms with Crippen molar-refractivity contribution >= 4 is 0 Å². The van der Waals surface area contributed by atoms with E-state index in [1.54, 1.807) is 0 Å². The number of hydrogen-bond acceptors (Lipinski definition) is 6. The predicted octanol–water partition coefficient (Wildman–Crippen LogP) is 0.185. The standard InChI is InChI=1S/C16H28O6/c1-9(2)11-5-3-10(4-6-11)8-21-16-15(20)14(19)13(18)12(7-17)22-16/h3,9,11-20H,4-8H2,1-2H3/t11-,12-,13-,14+,15-,16-/m1/s1. The largest absolute Gasteiger partial charge is 0.394 e. The summed E-state index contributed by atoms with van der Waals surface area (Å²) in [5, 5.41) is 38.5. The molecule has 0 saturated carbocycles. The van der Waals surface area contributed by atoms with E-state index in [4.69, 9.17) is 14.6 Å². The van der Waals surface area contributed by atoms with Crippen LogP contribution in [0.3, 0.4) is 0 Å². The maximum atomic E-state index is 9.90. The van der Waals surface area contributed by atoms with E-state index in [-0.39, 0.29) is 0 Å². The van der Waals surface area contributed by atoms with Gasteiger partial charge in [-0.15, -0.1) is 0 Å². The lowest BCUT2D eigenvalue weighted by atomic mass is 9.82. The van der Waals surface area contributed by atoms with Gasteiger partial charge in [-0.05, 0) is 36.7 Å². The smallest absolute Gasteiger partial charge is 0.187 e. The average Bonchev–Trinajstić information content (AvgIpc) is 2.52. The Hall–Kier alpha value is -0.500. The Morgan fingerprint density at radius 1 is 1.23 bits per heavy atom. The third-order valence-electron chi connectivity index (χ3n) is 4.77. The predicted molar refractivity (Wildman–Crippen MR) is 80.0 cm³/mol. The highest BCUT2D eigenvalue weighted by Gasteiger charge is 2.44. The molecule has 6 atom stereocenters. The molecule has 0 aromatic heterocycles. The number of hydrogen-bond donors (Lipinski definition) is 4. The highest BCUT2D eigenvalue weighted by Crippen LogP contribution is 2.30. The molecule has 1 fully saturated rings. The van der Waals surface area contributed by atoms with Gasteiger partial charge in [-0.25, -0.2) is 0 Å². The van der Waals surface area contributed by atoms with Crippen LogP contribution in [0.5, 0.6) is 0 Å². The molecule has 0 spiro atoms. The molecule has 2 aliphatic rings. The lowest BCUT2D eigenvalue weighted by molar-refractivity contribution is -0.299. The Balaban J connectivity index is 1.86. The van der Waals surface area contributed by atoms with Gasteiger partial charge in [0.05, 0.1) is 13.2 Å². The molecule has 0 aromatic rings. The van der Waals surface area contributed by atoms with Crippen molar-refractivity contribution in [2.24, 2.45) is 11.8 Å². The van der Waals surface area contributed by atoms with Crippen LogP contribution >= 0.6 is 0 Å². The molecule has 2 rings (SSSR count). The quantitative estimate of drug-likeness (QED) is 0.540. The molecule has 6 nitrogen and oxygen atoms in total. The van der Waals surface area contributed by atoms with Crippen molar-refractivity contribution < 1.29 is 29.9 Å². The van der Waals surface area contributed by atoms with Crippen LogP contribution in [0.1, 0.15) is 33.1 Å². The van der Waals surface area contributed by atoms with Gasteiger partial charge in [-0.3, -0.25) is 0 Å². The summed E-state index contributed by atoms with van der Waals surface area (Å²) in [4.78, 5) is 0. The van der Waals surface area contributed by atoms with E-state index in [0.717, 1.165) is 24.8 Å². The van der Waals surface area contributed by atoms with Gasteiger partial charge >= 0.3 is 0 Å². The first-order valence-corrected chi connectivity index (χ1v) is 8.04. The lowest BCUT2D eigenvalue weighted by Gasteiger charge is -2.39. The molecule has 0 bridgehead atoms. The number of aliphatic hydroxyl groups is 4. The summed E-state index contributed by atoms with van der Waals surface area (Å²) in [6, 6.07) is 0. The van der Waals surface area contributed by atoms with Gasteiger partial charge in [-0.2, -0.15) is 0 Å². The van der Waals surface area contributed by atoms with E-state index in [2.05, 4.69) is 19.9 Å². The molecule has 0 aromatic carbocycles. The average molecular weight is 316 g/mol. The maximum Gasteiger partial charge on any atom is 0.187 e. The first-order chi connectivity index (χ1) is 10.4. The fourth-order valence-corrected chi connectivity index (χ4v) is 3.04. The van der Waals surface area contributed by atoms with Gasteiger partial charge in [0.1, 0.15) is 24.4 Å². The number of allylic oxidation sites excluding steroid dienone is 1. The summed E-state index contributed by atoms with van der Waals surface area (Å²) >= 11 is 0. The van der Waals surface area contributed by atoms with Crippen LogP contribution in [0.4, 0.5) is 0 Å². The third kappa shape index (κ3) is 4.07. The monoisotopic (exact) mass is 316 g/mol. The van der Waals surface area contributed by atoms with Crippen LogP contribution < -0.4 is 0 Å². The highest BCUT2D eigenvalue weighted by molar-refractivity contribution is 5.07. The van der Waals surface area contributed by atoms with Gasteiger partial charge in [-0.1, -0.05) is 19.9 Å². The van der Waals surface area contributed by atoms with E-state index in [1.807, 2.05) is 0 Å². The molecule has 0 amide bonds. The second-order valence-corrected chi connectivity index (χ2v) is 6.65. The molecule has 0 unspecified atom stereocenters. The summed E-state index contributed by atoms with van der Waals surface area (Å²) in [7, 11) is 0. The van der Waals surface area contributed by atoms with E-state index in [1.165, 1.54) is 0 Å². The van der Waals surface area contributed by atoms with Crippen molar-refractivity contribution in [3.05, 3.63) is 11.6 Å². The highest BCUT2D eigenvalue weighted by atomic mass is 16.7. The van der Waals surface area contributed by atoms with Crippen molar-refractivity contribution in [3.8, 4) is 0 Å². The molecular formula is C16H28O6. The topological polar surface area (TPSA) is 99.4 Å². The molecule has 0 radical (unpaired) electrons. The van der Waals surface area contributed by atoms with Gasteiger partial charge < -0.3 is 29.9 Å². The molecule has 22 heavy (non-hydrogen) atoms. The first-order valence-electron chi connectivity index (χ1n) is 8.04. The van der Waals surface area contributed by atoms with Crippen LogP contribution in [0.25, 0.3) is 0 Å². The molecule has 1 aliphatic heterocycles. The van der Waals surface area contributed by atoms with E-state index < -0.39 is 37.3 Å². The first kappa shape index (κ1) is 17.8. The zero-order valence-electron chi connectivity index (χ0n) is 13.3. The third-order valence-corrected chi connectivity index (χ3v) is 4.77. The summed E-state index contributed by atoms with van der Waals surface area (Å²) < 4.78 is 10.9. The van der Waals surface area contributed by atoms with Crippen molar-refractivity contribution in [2.75, 3.05) is 13.2 Å². The second kappa shape index (κ2) is 7.86. The minimum absolute atomic E-state index is 0.327. The summed E-state index contributed by atoms with van der Waals surface area (Å²) in [6.45, 7) is 4.35. The van der Waals surface area contributed by atoms with Crippen LogP contribution in [0.15, 0.2) is 11.6 Å². The Morgan fingerprint density at radius 3 is 2.50 bits per heavy atom. The lowest BCUT2D eigenvalue weighted by Crippen LogP contribution is -2.59. The Morgan fingerprint density at radius 2 is 1.95 bits per heavy atom. The molecule has 6 heteroatoms. The Labute approximate surface area is 131 Å². The van der Waals surface area contributed by atoms with Gasteiger partial charge in [0, 0.05) is 0 Å². The zero-order valence-corrected chi connectivity index (χ0v) is 13.3. The van der Waals surface area contributed by atoms with E-state index in [0.29, 0.717) is 18.4 Å². The van der Waals surface area contributed by atoms with Crippen LogP contribution in [-0.4, -0.2) is 64.3 Å². The number of aliphatic hydroxyl groups excluding tert-OH is 4. The normalized spacial score (nSPS) is 39.9. The summed E-state index contributed by atoms with van der Waals surface area (Å²) in [6.07, 6.45) is -0.730. The Kier molecular flexibility index (Phi) is 6.37. The molecule has 1 heterocycles. The van der Waals surface area contributed by atoms with Crippen molar-refractivity contribution in [3.63, 3.8) is 0 Å². The fraction of sp³-hybridized carbons (Fsp3) is 0.875. The zero-order chi connectivity index (χ0) is 16.3. The molecule has 1 aliphatic carbocycles. The molecule has 128 valence electrons. The molecule has 1 saturated heterocycles. The van der Waals surface area contributed by atoms with Crippen molar-refractivity contribution in [1.29, 1.82) is 0 Å². The fourth-order valence-electron chi connectivity index (χ4n) is 3.04. The maximum absolute atomic E-state index is 9.90. The van der Waals surface area contributed by atoms with E-state index in [9.17, 15) is 15.3 Å². The Bertz CT molecular complexity index is 381. The van der Waals surface area contributed by atoms with Crippen molar-refractivity contribution in [2.45, 2.75) is 63.8 Å². The van der Waals surface area contributed by atoms with Crippen molar-refractivity contribution in [1.82, 2.24) is 0 Å². The van der Waals surface area contributed by atoms with Crippen LogP contribution in [-0.2, 0) is 9.47 Å². The van der Waals surface area contributed by atoms with Gasteiger partial charge in [0.25, 0.3) is 0 Å². The van der Waals surface area contributed by atoms with Gasteiger partial charge in [0.2, 0.25) is 0 Å². The minimum atomic E-state index is -1.39. The molecule has 4 N–H and O–H groups in total. The second-order valence-electron chi connectivity index (χ2n) is 6.65. The minimum Gasteiger partial charge on any atom is -0.394 e. The summed E-state index contributed by atoms with van der Waals surface area (Å²) in [5.74, 6) is 1.38. The number of rotatable bonds is 5. The van der Waals surface area contributed by atoms with Crippen LogP contribution in [0.2, 0.25) is 0 Å². The van der Waals surface area contributed by atoms with Crippen LogP contribution in [0, 0.1) is 11.8 Å². The molecular weight excluding hydrogens is 288 g/mol.